The molecule has 0 aliphatic rings. The van der Waals surface area contributed by atoms with Gasteiger partial charge in [-0.05, 0) is 29.8 Å². The van der Waals surface area contributed by atoms with Gasteiger partial charge in [0.05, 0.1) is 27.8 Å². The minimum atomic E-state index is -0.728. The number of aliphatic hydroxyl groups excluding tert-OH is 1. The first-order chi connectivity index (χ1) is 11.1. The number of carbonyl (C=O) groups excluding carboxylic acids is 1. The fraction of sp³-hybridized carbons (Fsp3) is 0.250. The van der Waals surface area contributed by atoms with Crippen molar-refractivity contribution < 1.29 is 9.90 Å². The number of nitrogens with zero attached hydrogens (tertiary/aromatic N) is 1. The van der Waals surface area contributed by atoms with Crippen LogP contribution in [-0.2, 0) is 6.42 Å². The highest BCUT2D eigenvalue weighted by Crippen LogP contribution is 2.21. The summed E-state index contributed by atoms with van der Waals surface area (Å²) >= 11 is 6.97. The molecule has 2 rings (SSSR count). The summed E-state index contributed by atoms with van der Waals surface area (Å²) in [5, 5.41) is 24.4. The van der Waals surface area contributed by atoms with Crippen LogP contribution < -0.4 is 10.6 Å². The molecule has 0 aliphatic heterocycles. The molecule has 2 aromatic rings. The lowest BCUT2D eigenvalue weighted by atomic mass is 10.1. The van der Waals surface area contributed by atoms with E-state index in [2.05, 4.69) is 16.7 Å². The average Bonchev–Trinajstić information content (AvgIpc) is 2.98. The summed E-state index contributed by atoms with van der Waals surface area (Å²) < 4.78 is 0.551. The number of amides is 1. The Bertz CT molecular complexity index is 711. The zero-order valence-corrected chi connectivity index (χ0v) is 13.8. The van der Waals surface area contributed by atoms with Crippen molar-refractivity contribution in [2.75, 3.05) is 18.4 Å². The Kier molecular flexibility index (Phi) is 6.41. The van der Waals surface area contributed by atoms with Crippen LogP contribution in [0.25, 0.3) is 0 Å². The van der Waals surface area contributed by atoms with Gasteiger partial charge in [0.1, 0.15) is 0 Å². The first kappa shape index (κ1) is 17.3. The van der Waals surface area contributed by atoms with Crippen molar-refractivity contribution in [2.24, 2.45) is 0 Å². The van der Waals surface area contributed by atoms with Gasteiger partial charge in [0.25, 0.3) is 5.91 Å². The molecule has 1 unspecified atom stereocenters. The topological polar surface area (TPSA) is 85.2 Å². The minimum Gasteiger partial charge on any atom is -0.389 e. The number of hydrogen-bond acceptors (Lipinski definition) is 5. The zero-order chi connectivity index (χ0) is 16.7. The molecule has 1 aromatic heterocycles. The molecule has 7 heteroatoms. The van der Waals surface area contributed by atoms with Gasteiger partial charge in [0, 0.05) is 18.8 Å². The van der Waals surface area contributed by atoms with E-state index in [-0.39, 0.29) is 12.5 Å². The number of hydrogen-bond donors (Lipinski definition) is 3. The van der Waals surface area contributed by atoms with Crippen LogP contribution in [0.2, 0.25) is 4.34 Å². The Morgan fingerprint density at radius 3 is 2.87 bits per heavy atom. The number of benzene rings is 1. The number of thiophene rings is 1. The number of halogens is 1. The molecule has 1 atom stereocenters. The summed E-state index contributed by atoms with van der Waals surface area (Å²) in [6.07, 6.45) is -0.383. The van der Waals surface area contributed by atoms with E-state index in [0.29, 0.717) is 22.2 Å². The molecule has 23 heavy (non-hydrogen) atoms. The lowest BCUT2D eigenvalue weighted by molar-refractivity contribution is 0.0926. The van der Waals surface area contributed by atoms with E-state index in [0.717, 1.165) is 11.3 Å². The molecule has 0 bridgehead atoms. The molecule has 0 saturated carbocycles. The summed E-state index contributed by atoms with van der Waals surface area (Å²) in [6.45, 7) is 0.431. The third kappa shape index (κ3) is 5.57. The molecule has 0 saturated heterocycles. The fourth-order valence-corrected chi connectivity index (χ4v) is 2.88. The van der Waals surface area contributed by atoms with Crippen LogP contribution in [0.15, 0.2) is 36.4 Å². The van der Waals surface area contributed by atoms with Gasteiger partial charge in [0.15, 0.2) is 0 Å². The molecule has 5 nitrogen and oxygen atoms in total. The third-order valence-electron chi connectivity index (χ3n) is 3.05. The summed E-state index contributed by atoms with van der Waals surface area (Å²) in [7, 11) is 0. The van der Waals surface area contributed by atoms with Crippen molar-refractivity contribution in [3.63, 3.8) is 0 Å². The maximum atomic E-state index is 11.8. The predicted octanol–water partition coefficient (Wildman–Crippen LogP) is 2.67. The lowest BCUT2D eigenvalue weighted by Gasteiger charge is -2.14. The summed E-state index contributed by atoms with van der Waals surface area (Å²) in [5.74, 6) is -0.253. The third-order valence-corrected chi connectivity index (χ3v) is 4.28. The van der Waals surface area contributed by atoms with Gasteiger partial charge in [-0.2, -0.15) is 5.26 Å². The van der Waals surface area contributed by atoms with Crippen LogP contribution in [0.4, 0.5) is 5.69 Å². The largest absolute Gasteiger partial charge is 0.389 e. The van der Waals surface area contributed by atoms with Crippen LogP contribution >= 0.6 is 22.9 Å². The molecule has 1 heterocycles. The van der Waals surface area contributed by atoms with Crippen LogP contribution in [0.3, 0.4) is 0 Å². The van der Waals surface area contributed by atoms with Gasteiger partial charge < -0.3 is 15.7 Å². The summed E-state index contributed by atoms with van der Waals surface area (Å²) in [6, 6.07) is 12.8. The number of rotatable bonds is 7. The average molecular weight is 350 g/mol. The normalized spacial score (nSPS) is 11.5. The highest BCUT2D eigenvalue weighted by Gasteiger charge is 2.11. The maximum absolute atomic E-state index is 11.8. The molecule has 1 amide bonds. The van der Waals surface area contributed by atoms with Crippen LogP contribution in [0.1, 0.15) is 15.2 Å². The van der Waals surface area contributed by atoms with Crippen molar-refractivity contribution in [3.8, 4) is 6.07 Å². The molecule has 0 aliphatic carbocycles. The molecule has 3 N–H and O–H groups in total. The van der Waals surface area contributed by atoms with Gasteiger partial charge >= 0.3 is 0 Å². The van der Waals surface area contributed by atoms with E-state index in [9.17, 15) is 9.90 Å². The Morgan fingerprint density at radius 2 is 2.17 bits per heavy atom. The van der Waals surface area contributed by atoms with E-state index in [1.165, 1.54) is 11.3 Å². The first-order valence-corrected chi connectivity index (χ1v) is 8.19. The van der Waals surface area contributed by atoms with Gasteiger partial charge in [-0.25, -0.2) is 0 Å². The zero-order valence-electron chi connectivity index (χ0n) is 12.3. The maximum Gasteiger partial charge on any atom is 0.261 e. The van der Waals surface area contributed by atoms with Crippen LogP contribution in [0.5, 0.6) is 0 Å². The quantitative estimate of drug-likeness (QED) is 0.717. The summed E-state index contributed by atoms with van der Waals surface area (Å²) in [4.78, 5) is 12.3. The van der Waals surface area contributed by atoms with Crippen molar-refractivity contribution in [1.29, 1.82) is 5.26 Å². The standard InChI is InChI=1S/C16H16ClN3O2S/c17-15-5-4-14(23-15)16(22)20-10-13(21)9-19-12-3-1-2-11(8-12)6-7-18/h1-5,8,13,19,21H,6,9-10H2,(H,20,22). The highest BCUT2D eigenvalue weighted by molar-refractivity contribution is 7.17. The van der Waals surface area contributed by atoms with E-state index in [1.54, 1.807) is 12.1 Å². The van der Waals surface area contributed by atoms with E-state index < -0.39 is 6.10 Å². The Balaban J connectivity index is 1.77. The fourth-order valence-electron chi connectivity index (χ4n) is 1.92. The predicted molar refractivity (Wildman–Crippen MR) is 91.9 cm³/mol. The highest BCUT2D eigenvalue weighted by atomic mass is 35.5. The second-order valence-electron chi connectivity index (χ2n) is 4.88. The van der Waals surface area contributed by atoms with Crippen LogP contribution in [-0.4, -0.2) is 30.2 Å². The molecule has 120 valence electrons. The Morgan fingerprint density at radius 1 is 1.35 bits per heavy atom. The van der Waals surface area contributed by atoms with E-state index in [4.69, 9.17) is 16.9 Å². The second kappa shape index (κ2) is 8.53. The molecular weight excluding hydrogens is 334 g/mol. The first-order valence-electron chi connectivity index (χ1n) is 7.00. The number of nitriles is 1. The van der Waals surface area contributed by atoms with Gasteiger partial charge in [-0.3, -0.25) is 4.79 Å². The minimum absolute atomic E-state index is 0.138. The molecule has 0 radical (unpaired) electrons. The Labute approximate surface area is 143 Å². The number of aliphatic hydroxyl groups is 1. The van der Waals surface area contributed by atoms with Gasteiger partial charge in [0.2, 0.25) is 0 Å². The lowest BCUT2D eigenvalue weighted by Crippen LogP contribution is -2.35. The molecule has 0 fully saturated rings. The van der Waals surface area contributed by atoms with E-state index >= 15 is 0 Å². The number of anilines is 1. The van der Waals surface area contributed by atoms with Crippen molar-refractivity contribution >= 4 is 34.5 Å². The summed E-state index contributed by atoms with van der Waals surface area (Å²) in [5.41, 5.74) is 1.74. The van der Waals surface area contributed by atoms with Gasteiger partial charge in [-0.1, -0.05) is 23.7 Å². The van der Waals surface area contributed by atoms with Crippen molar-refractivity contribution in [3.05, 3.63) is 51.2 Å². The molecular formula is C16H16ClN3O2S. The van der Waals surface area contributed by atoms with Crippen LogP contribution in [0, 0.1) is 11.3 Å². The second-order valence-corrected chi connectivity index (χ2v) is 6.60. The molecule has 0 spiro atoms. The van der Waals surface area contributed by atoms with E-state index in [1.807, 2.05) is 24.3 Å². The smallest absolute Gasteiger partial charge is 0.261 e. The van der Waals surface area contributed by atoms with Crippen molar-refractivity contribution in [1.82, 2.24) is 5.32 Å². The number of carbonyl (C=O) groups is 1. The molecule has 1 aromatic carbocycles. The van der Waals surface area contributed by atoms with Crippen molar-refractivity contribution in [2.45, 2.75) is 12.5 Å². The van der Waals surface area contributed by atoms with Gasteiger partial charge in [-0.15, -0.1) is 11.3 Å². The SMILES string of the molecule is N#CCc1cccc(NCC(O)CNC(=O)c2ccc(Cl)s2)c1. The number of nitrogens with one attached hydrogen (secondary N) is 2. The Hall–Kier alpha value is -2.07. The monoisotopic (exact) mass is 349 g/mol.